The van der Waals surface area contributed by atoms with Gasteiger partial charge in [0.2, 0.25) is 0 Å². The first-order chi connectivity index (χ1) is 9.02. The number of carbonyl (C=O) groups excluding carboxylic acids is 1. The molecule has 2 rings (SSSR count). The minimum atomic E-state index is -1.08. The summed E-state index contributed by atoms with van der Waals surface area (Å²) in [7, 11) is 1.22. The van der Waals surface area contributed by atoms with Gasteiger partial charge in [-0.25, -0.2) is 19.3 Å². The molecule has 0 radical (unpaired) electrons. The lowest BCUT2D eigenvalue weighted by molar-refractivity contribution is 0.0586. The number of aromatic nitrogens is 3. The van der Waals surface area contributed by atoms with Gasteiger partial charge in [-0.1, -0.05) is 0 Å². The van der Waals surface area contributed by atoms with Crippen LogP contribution in [0.3, 0.4) is 0 Å². The fraction of sp³-hybridized carbons (Fsp3) is 0.0909. The number of esters is 1. The second-order valence-corrected chi connectivity index (χ2v) is 3.58. The van der Waals surface area contributed by atoms with Gasteiger partial charge in [-0.2, -0.15) is 0 Å². The van der Waals surface area contributed by atoms with Crippen LogP contribution in [0, 0.1) is 0 Å². The van der Waals surface area contributed by atoms with Gasteiger partial charge < -0.3 is 15.6 Å². The number of carboxylic acid groups (broad SMARTS) is 1. The van der Waals surface area contributed by atoms with Crippen molar-refractivity contribution >= 4 is 17.6 Å². The highest BCUT2D eigenvalue weighted by Gasteiger charge is 2.14. The van der Waals surface area contributed by atoms with Crippen LogP contribution in [0.2, 0.25) is 0 Å². The summed E-state index contributed by atoms with van der Waals surface area (Å²) in [6.45, 7) is 0. The molecule has 0 spiro atoms. The largest absolute Gasteiger partial charge is 0.478 e. The Kier molecular flexibility index (Phi) is 3.15. The number of nitrogen functional groups attached to an aromatic ring is 1. The van der Waals surface area contributed by atoms with Crippen LogP contribution in [0.15, 0.2) is 24.5 Å². The van der Waals surface area contributed by atoms with Crippen LogP contribution in [0.5, 0.6) is 0 Å². The molecule has 8 nitrogen and oxygen atoms in total. The smallest absolute Gasteiger partial charge is 0.377 e. The Morgan fingerprint density at radius 1 is 1.42 bits per heavy atom. The highest BCUT2D eigenvalue weighted by Crippen LogP contribution is 2.18. The monoisotopic (exact) mass is 262 g/mol. The lowest BCUT2D eigenvalue weighted by Crippen LogP contribution is -2.07. The molecule has 2 aromatic rings. The van der Waals surface area contributed by atoms with Crippen LogP contribution in [-0.4, -0.2) is 38.9 Å². The predicted molar refractivity (Wildman–Crippen MR) is 64.1 cm³/mol. The van der Waals surface area contributed by atoms with Gasteiger partial charge in [0.1, 0.15) is 6.33 Å². The van der Waals surface area contributed by atoms with E-state index in [0.717, 1.165) is 0 Å². The van der Waals surface area contributed by atoms with E-state index >= 15 is 0 Å². The number of ether oxygens (including phenoxy) is 1. The second kappa shape index (κ2) is 4.77. The van der Waals surface area contributed by atoms with E-state index in [1.165, 1.54) is 36.3 Å². The summed E-state index contributed by atoms with van der Waals surface area (Å²) >= 11 is 0. The van der Waals surface area contributed by atoms with Gasteiger partial charge in [-0.3, -0.25) is 0 Å². The number of aromatic carboxylic acids is 1. The van der Waals surface area contributed by atoms with E-state index in [9.17, 15) is 9.59 Å². The quantitative estimate of drug-likeness (QED) is 0.604. The maximum atomic E-state index is 11.2. The number of carboxylic acids is 1. The third-order valence-electron chi connectivity index (χ3n) is 2.38. The molecule has 19 heavy (non-hydrogen) atoms. The summed E-state index contributed by atoms with van der Waals surface area (Å²) in [6.07, 6.45) is 1.29. The molecule has 1 aromatic heterocycles. The first kappa shape index (κ1) is 12.6. The van der Waals surface area contributed by atoms with Crippen molar-refractivity contribution in [3.8, 4) is 5.69 Å². The minimum Gasteiger partial charge on any atom is -0.478 e. The lowest BCUT2D eigenvalue weighted by Gasteiger charge is -2.05. The van der Waals surface area contributed by atoms with E-state index in [2.05, 4.69) is 14.8 Å². The summed E-state index contributed by atoms with van der Waals surface area (Å²) in [5.41, 5.74) is 6.44. The van der Waals surface area contributed by atoms with Crippen LogP contribution in [0.25, 0.3) is 5.69 Å². The minimum absolute atomic E-state index is 0.0644. The number of benzene rings is 1. The van der Waals surface area contributed by atoms with E-state index in [4.69, 9.17) is 10.8 Å². The van der Waals surface area contributed by atoms with Crippen molar-refractivity contribution in [3.05, 3.63) is 35.9 Å². The summed E-state index contributed by atoms with van der Waals surface area (Å²) in [5.74, 6) is -1.85. The summed E-state index contributed by atoms with van der Waals surface area (Å²) in [6, 6.07) is 4.17. The normalized spacial score (nSPS) is 10.2. The average Bonchev–Trinajstić information content (AvgIpc) is 2.87. The molecule has 1 aromatic carbocycles. The van der Waals surface area contributed by atoms with Crippen molar-refractivity contribution < 1.29 is 19.4 Å². The Labute approximate surface area is 107 Å². The van der Waals surface area contributed by atoms with Crippen molar-refractivity contribution in [2.24, 2.45) is 0 Å². The van der Waals surface area contributed by atoms with Gasteiger partial charge in [0, 0.05) is 0 Å². The third kappa shape index (κ3) is 2.37. The van der Waals surface area contributed by atoms with Gasteiger partial charge in [0.05, 0.1) is 24.0 Å². The first-order valence-electron chi connectivity index (χ1n) is 5.16. The summed E-state index contributed by atoms with van der Waals surface area (Å²) in [5, 5.41) is 12.7. The standard InChI is InChI=1S/C11H10N4O4/c1-19-11(18)9-13-5-15(14-9)8-3-2-6(10(16)17)4-7(8)12/h2-5H,12H2,1H3,(H,16,17). The molecule has 3 N–H and O–H groups in total. The van der Waals surface area contributed by atoms with E-state index in [1.807, 2.05) is 0 Å². The van der Waals surface area contributed by atoms with Gasteiger partial charge in [0.15, 0.2) is 0 Å². The molecule has 0 aliphatic rings. The second-order valence-electron chi connectivity index (χ2n) is 3.58. The molecule has 0 bridgehead atoms. The molecular formula is C11H10N4O4. The molecule has 0 fully saturated rings. The molecule has 0 saturated carbocycles. The number of carbonyl (C=O) groups is 2. The highest BCUT2D eigenvalue weighted by molar-refractivity contribution is 5.89. The van der Waals surface area contributed by atoms with Crippen LogP contribution < -0.4 is 5.73 Å². The fourth-order valence-electron chi connectivity index (χ4n) is 1.46. The Morgan fingerprint density at radius 2 is 2.16 bits per heavy atom. The molecule has 98 valence electrons. The van der Waals surface area contributed by atoms with E-state index in [-0.39, 0.29) is 17.1 Å². The number of hydrogen-bond acceptors (Lipinski definition) is 6. The van der Waals surface area contributed by atoms with Crippen molar-refractivity contribution in [1.82, 2.24) is 14.8 Å². The van der Waals surface area contributed by atoms with Gasteiger partial charge >= 0.3 is 11.9 Å². The number of anilines is 1. The zero-order valence-electron chi connectivity index (χ0n) is 9.90. The molecular weight excluding hydrogens is 252 g/mol. The fourth-order valence-corrected chi connectivity index (χ4v) is 1.46. The molecule has 0 amide bonds. The Bertz CT molecular complexity index is 650. The Balaban J connectivity index is 2.39. The Hall–Kier alpha value is -2.90. The maximum Gasteiger partial charge on any atom is 0.377 e. The molecule has 1 heterocycles. The lowest BCUT2D eigenvalue weighted by atomic mass is 10.2. The van der Waals surface area contributed by atoms with Crippen molar-refractivity contribution in [2.45, 2.75) is 0 Å². The predicted octanol–water partition coefficient (Wildman–Crippen LogP) is 0.334. The number of hydrogen-bond donors (Lipinski definition) is 2. The van der Waals surface area contributed by atoms with E-state index < -0.39 is 11.9 Å². The third-order valence-corrected chi connectivity index (χ3v) is 2.38. The molecule has 0 saturated heterocycles. The number of nitrogens with zero attached hydrogens (tertiary/aromatic N) is 3. The average molecular weight is 262 g/mol. The molecule has 0 aliphatic carbocycles. The van der Waals surface area contributed by atoms with Crippen molar-refractivity contribution in [1.29, 1.82) is 0 Å². The van der Waals surface area contributed by atoms with Crippen LogP contribution in [0.4, 0.5) is 5.69 Å². The zero-order chi connectivity index (χ0) is 14.0. The maximum absolute atomic E-state index is 11.2. The highest BCUT2D eigenvalue weighted by atomic mass is 16.5. The number of methoxy groups -OCH3 is 1. The van der Waals surface area contributed by atoms with Gasteiger partial charge in [0.25, 0.3) is 5.82 Å². The van der Waals surface area contributed by atoms with Crippen molar-refractivity contribution in [2.75, 3.05) is 12.8 Å². The molecule has 0 aliphatic heterocycles. The number of rotatable bonds is 3. The first-order valence-corrected chi connectivity index (χ1v) is 5.16. The van der Waals surface area contributed by atoms with Gasteiger partial charge in [-0.05, 0) is 18.2 Å². The molecule has 0 unspecified atom stereocenters. The van der Waals surface area contributed by atoms with Crippen molar-refractivity contribution in [3.63, 3.8) is 0 Å². The van der Waals surface area contributed by atoms with Crippen LogP contribution in [-0.2, 0) is 4.74 Å². The van der Waals surface area contributed by atoms with Crippen LogP contribution >= 0.6 is 0 Å². The summed E-state index contributed by atoms with van der Waals surface area (Å²) in [4.78, 5) is 25.8. The summed E-state index contributed by atoms with van der Waals surface area (Å²) < 4.78 is 5.75. The van der Waals surface area contributed by atoms with Gasteiger partial charge in [-0.15, -0.1) is 5.10 Å². The topological polar surface area (TPSA) is 120 Å². The van der Waals surface area contributed by atoms with E-state index in [1.54, 1.807) is 0 Å². The SMILES string of the molecule is COC(=O)c1ncn(-c2ccc(C(=O)O)cc2N)n1. The van der Waals surface area contributed by atoms with Crippen LogP contribution in [0.1, 0.15) is 21.0 Å². The zero-order valence-corrected chi connectivity index (χ0v) is 9.90. The van der Waals surface area contributed by atoms with E-state index in [0.29, 0.717) is 5.69 Å². The Morgan fingerprint density at radius 3 is 2.74 bits per heavy atom. The molecule has 8 heteroatoms. The molecule has 0 atom stereocenters. The number of nitrogens with two attached hydrogens (primary N) is 1.